The maximum atomic E-state index is 12.8. The van der Waals surface area contributed by atoms with Crippen molar-refractivity contribution in [3.8, 4) is 0 Å². The van der Waals surface area contributed by atoms with Gasteiger partial charge in [-0.15, -0.1) is 11.8 Å². The highest BCUT2D eigenvalue weighted by atomic mass is 32.2. The summed E-state index contributed by atoms with van der Waals surface area (Å²) in [5, 5.41) is 2.65. The number of carbonyl (C=O) groups excluding carboxylic acids is 1. The third-order valence-corrected chi connectivity index (χ3v) is 4.78. The van der Waals surface area contributed by atoms with Crippen molar-refractivity contribution in [2.45, 2.75) is 10.1 Å². The number of nitrogens with two attached hydrogens (primary N) is 1. The van der Waals surface area contributed by atoms with Crippen LogP contribution in [-0.4, -0.2) is 5.91 Å². The molecule has 1 amide bonds. The Kier molecular flexibility index (Phi) is 5.18. The number of anilines is 2. The predicted molar refractivity (Wildman–Crippen MR) is 101 cm³/mol. The van der Waals surface area contributed by atoms with E-state index in [0.717, 1.165) is 16.1 Å². The third kappa shape index (κ3) is 4.18. The first kappa shape index (κ1) is 16.1. The van der Waals surface area contributed by atoms with Crippen molar-refractivity contribution in [3.05, 3.63) is 90.5 Å². The number of benzene rings is 3. The van der Waals surface area contributed by atoms with Gasteiger partial charge in [-0.2, -0.15) is 0 Å². The molecule has 24 heavy (non-hydrogen) atoms. The number of nitrogens with one attached hydrogen (secondary N) is 1. The maximum absolute atomic E-state index is 12.8. The van der Waals surface area contributed by atoms with Gasteiger partial charge in [-0.3, -0.25) is 4.79 Å². The van der Waals surface area contributed by atoms with Gasteiger partial charge in [-0.25, -0.2) is 0 Å². The summed E-state index contributed by atoms with van der Waals surface area (Å²) < 4.78 is 0. The number of hydrogen-bond acceptors (Lipinski definition) is 3. The third-order valence-electron chi connectivity index (χ3n) is 3.52. The van der Waals surface area contributed by atoms with Gasteiger partial charge in [0.15, 0.2) is 0 Å². The lowest BCUT2D eigenvalue weighted by Gasteiger charge is -2.17. The van der Waals surface area contributed by atoms with Crippen LogP contribution in [0.4, 0.5) is 11.4 Å². The lowest BCUT2D eigenvalue weighted by Crippen LogP contribution is -2.18. The van der Waals surface area contributed by atoms with E-state index in [0.29, 0.717) is 5.69 Å². The van der Waals surface area contributed by atoms with Crippen molar-refractivity contribution < 1.29 is 4.79 Å². The quantitative estimate of drug-likeness (QED) is 0.523. The molecular weight excluding hydrogens is 316 g/mol. The van der Waals surface area contributed by atoms with Crippen LogP contribution < -0.4 is 11.1 Å². The SMILES string of the molecule is Nc1ccc(SC(C(=O)Nc2ccccc2)c2ccccc2)cc1. The molecule has 0 radical (unpaired) electrons. The van der Waals surface area contributed by atoms with Crippen molar-refractivity contribution in [2.75, 3.05) is 11.1 Å². The van der Waals surface area contributed by atoms with E-state index in [4.69, 9.17) is 5.73 Å². The van der Waals surface area contributed by atoms with E-state index in [1.54, 1.807) is 0 Å². The molecule has 0 heterocycles. The Bertz CT molecular complexity index is 789. The van der Waals surface area contributed by atoms with Gasteiger partial charge in [-0.05, 0) is 42.0 Å². The lowest BCUT2D eigenvalue weighted by molar-refractivity contribution is -0.115. The number of nitrogen functional groups attached to an aromatic ring is 1. The van der Waals surface area contributed by atoms with Crippen LogP contribution in [0.1, 0.15) is 10.8 Å². The van der Waals surface area contributed by atoms with Gasteiger partial charge in [0, 0.05) is 16.3 Å². The molecule has 1 atom stereocenters. The number of rotatable bonds is 5. The van der Waals surface area contributed by atoms with E-state index in [-0.39, 0.29) is 11.2 Å². The van der Waals surface area contributed by atoms with Gasteiger partial charge in [0.2, 0.25) is 5.91 Å². The summed E-state index contributed by atoms with van der Waals surface area (Å²) in [5.74, 6) is -0.0470. The van der Waals surface area contributed by atoms with Gasteiger partial charge in [0.1, 0.15) is 5.25 Å². The van der Waals surface area contributed by atoms with Gasteiger partial charge in [-0.1, -0.05) is 48.5 Å². The van der Waals surface area contributed by atoms with E-state index in [9.17, 15) is 4.79 Å². The van der Waals surface area contributed by atoms with Crippen molar-refractivity contribution in [3.63, 3.8) is 0 Å². The standard InChI is InChI=1S/C20H18N2OS/c21-16-11-13-18(14-12-16)24-19(15-7-3-1-4-8-15)20(23)22-17-9-5-2-6-10-17/h1-14,19H,21H2,(H,22,23). The summed E-state index contributed by atoms with van der Waals surface area (Å²) in [6.45, 7) is 0. The molecule has 3 N–H and O–H groups in total. The molecule has 0 bridgehead atoms. The van der Waals surface area contributed by atoms with E-state index < -0.39 is 0 Å². The largest absolute Gasteiger partial charge is 0.399 e. The fourth-order valence-electron chi connectivity index (χ4n) is 2.31. The molecule has 3 nitrogen and oxygen atoms in total. The molecule has 0 fully saturated rings. The van der Waals surface area contributed by atoms with Crippen LogP contribution in [-0.2, 0) is 4.79 Å². The molecule has 120 valence electrons. The molecule has 0 aliphatic heterocycles. The van der Waals surface area contributed by atoms with Gasteiger partial charge >= 0.3 is 0 Å². The smallest absolute Gasteiger partial charge is 0.242 e. The van der Waals surface area contributed by atoms with Crippen LogP contribution in [0.5, 0.6) is 0 Å². The zero-order valence-corrected chi connectivity index (χ0v) is 13.9. The summed E-state index contributed by atoms with van der Waals surface area (Å²) in [7, 11) is 0. The van der Waals surface area contributed by atoms with Crippen LogP contribution in [0.3, 0.4) is 0 Å². The average Bonchev–Trinajstić information content (AvgIpc) is 2.63. The van der Waals surface area contributed by atoms with Crippen LogP contribution in [0.2, 0.25) is 0 Å². The summed E-state index contributed by atoms with van der Waals surface area (Å²) >= 11 is 1.51. The Morgan fingerprint density at radius 1 is 0.833 bits per heavy atom. The molecule has 0 aromatic heterocycles. The summed E-state index contributed by atoms with van der Waals surface area (Å²) in [4.78, 5) is 13.8. The molecule has 0 saturated heterocycles. The van der Waals surface area contributed by atoms with Gasteiger partial charge in [0.05, 0.1) is 0 Å². The van der Waals surface area contributed by atoms with Crippen LogP contribution in [0.25, 0.3) is 0 Å². The van der Waals surface area contributed by atoms with Crippen LogP contribution in [0.15, 0.2) is 89.8 Å². The van der Waals surface area contributed by atoms with Crippen molar-refractivity contribution in [2.24, 2.45) is 0 Å². The van der Waals surface area contributed by atoms with E-state index in [1.807, 2.05) is 84.9 Å². The second kappa shape index (κ2) is 7.70. The van der Waals surface area contributed by atoms with E-state index in [1.165, 1.54) is 11.8 Å². The monoisotopic (exact) mass is 334 g/mol. The number of para-hydroxylation sites is 1. The first-order valence-electron chi connectivity index (χ1n) is 7.65. The summed E-state index contributed by atoms with van der Waals surface area (Å²) in [6, 6.07) is 26.8. The average molecular weight is 334 g/mol. The number of hydrogen-bond donors (Lipinski definition) is 2. The molecule has 3 aromatic carbocycles. The molecule has 3 rings (SSSR count). The van der Waals surface area contributed by atoms with Gasteiger partial charge in [0.25, 0.3) is 0 Å². The fraction of sp³-hybridized carbons (Fsp3) is 0.0500. The number of carbonyl (C=O) groups is 1. The predicted octanol–water partition coefficient (Wildman–Crippen LogP) is 4.74. The van der Waals surface area contributed by atoms with Crippen LogP contribution >= 0.6 is 11.8 Å². The molecule has 4 heteroatoms. The highest BCUT2D eigenvalue weighted by Crippen LogP contribution is 2.36. The van der Waals surface area contributed by atoms with E-state index in [2.05, 4.69) is 5.32 Å². The Balaban J connectivity index is 1.84. The van der Waals surface area contributed by atoms with Crippen molar-refractivity contribution in [1.29, 1.82) is 0 Å². The lowest BCUT2D eigenvalue weighted by atomic mass is 10.1. The minimum atomic E-state index is -0.338. The summed E-state index contributed by atoms with van der Waals surface area (Å²) in [5.41, 5.74) is 8.21. The van der Waals surface area contributed by atoms with Crippen molar-refractivity contribution in [1.82, 2.24) is 0 Å². The molecule has 0 spiro atoms. The minimum Gasteiger partial charge on any atom is -0.399 e. The number of amides is 1. The Hall–Kier alpha value is -2.72. The zero-order valence-electron chi connectivity index (χ0n) is 13.1. The molecular formula is C20H18N2OS. The van der Waals surface area contributed by atoms with E-state index >= 15 is 0 Å². The molecule has 0 aliphatic rings. The van der Waals surface area contributed by atoms with Crippen LogP contribution in [0, 0.1) is 0 Å². The second-order valence-electron chi connectivity index (χ2n) is 5.33. The highest BCUT2D eigenvalue weighted by molar-refractivity contribution is 8.00. The van der Waals surface area contributed by atoms with Crippen molar-refractivity contribution >= 4 is 29.0 Å². The molecule has 0 aliphatic carbocycles. The molecule has 3 aromatic rings. The molecule has 0 saturated carbocycles. The first-order chi connectivity index (χ1) is 11.7. The second-order valence-corrected chi connectivity index (χ2v) is 6.51. The van der Waals surface area contributed by atoms with Gasteiger partial charge < -0.3 is 11.1 Å². The zero-order chi connectivity index (χ0) is 16.8. The Labute approximate surface area is 145 Å². The topological polar surface area (TPSA) is 55.1 Å². The maximum Gasteiger partial charge on any atom is 0.242 e. The summed E-state index contributed by atoms with van der Waals surface area (Å²) in [6.07, 6.45) is 0. The highest BCUT2D eigenvalue weighted by Gasteiger charge is 2.22. The fourth-order valence-corrected chi connectivity index (χ4v) is 3.34. The molecule has 1 unspecified atom stereocenters. The Morgan fingerprint density at radius 3 is 2.04 bits per heavy atom. The first-order valence-corrected chi connectivity index (χ1v) is 8.53. The Morgan fingerprint density at radius 2 is 1.42 bits per heavy atom. The normalized spacial score (nSPS) is 11.7. The number of thioether (sulfide) groups is 1. The minimum absolute atomic E-state index is 0.0470.